The SMILES string of the molecule is CCC(COC)n1cc(C)c2nc(-c3nc4ccc([ClH+])cc4o3)c(C)nc21. The van der Waals surface area contributed by atoms with Crippen LogP contribution in [0, 0.1) is 25.4 Å². The van der Waals surface area contributed by atoms with E-state index in [2.05, 4.69) is 22.7 Å². The lowest BCUT2D eigenvalue weighted by atomic mass is 10.2. The Kier molecular flexibility index (Phi) is 4.61. The second-order valence-electron chi connectivity index (χ2n) is 6.72. The summed E-state index contributed by atoms with van der Waals surface area (Å²) >= 11 is 5.20. The van der Waals surface area contributed by atoms with Crippen molar-refractivity contribution in [2.24, 2.45) is 0 Å². The van der Waals surface area contributed by atoms with Gasteiger partial charge in [-0.25, -0.2) is 15.0 Å². The average Bonchev–Trinajstić information content (AvgIpc) is 3.19. The quantitative estimate of drug-likeness (QED) is 0.516. The molecule has 0 saturated heterocycles. The van der Waals surface area contributed by atoms with Crippen molar-refractivity contribution in [1.29, 1.82) is 0 Å². The fraction of sp³-hybridized carbons (Fsp3) is 0.350. The molecule has 1 atom stereocenters. The van der Waals surface area contributed by atoms with Crippen LogP contribution < -0.4 is 0 Å². The standard InChI is InChI=1S/C20H22ClN4O2/c1-5-14(10-26-4)25-9-11(2)17-19(25)22-12(3)18(24-17)20-23-15-7-6-13(21)8-16(15)27-20/h6-9,14,21H,5,10H2,1-4H3/q+1. The topological polar surface area (TPSA) is 66.0 Å². The Hall–Kier alpha value is -2.44. The number of hydrogen-bond donors (Lipinski definition) is 0. The van der Waals surface area contributed by atoms with E-state index in [1.807, 2.05) is 26.0 Å². The van der Waals surface area contributed by atoms with Gasteiger partial charge in [0, 0.05) is 25.4 Å². The van der Waals surface area contributed by atoms with E-state index in [1.54, 1.807) is 13.2 Å². The first-order chi connectivity index (χ1) is 13.0. The summed E-state index contributed by atoms with van der Waals surface area (Å²) in [4.78, 5) is 14.3. The van der Waals surface area contributed by atoms with Gasteiger partial charge < -0.3 is 13.7 Å². The van der Waals surface area contributed by atoms with Crippen LogP contribution in [0.2, 0.25) is 5.02 Å². The minimum atomic E-state index is 0.223. The molecule has 3 aromatic heterocycles. The molecule has 0 aliphatic heterocycles. The summed E-state index contributed by atoms with van der Waals surface area (Å²) in [7, 11) is 1.72. The van der Waals surface area contributed by atoms with Gasteiger partial charge in [0.1, 0.15) is 16.7 Å². The van der Waals surface area contributed by atoms with Crippen LogP contribution in [0.5, 0.6) is 0 Å². The summed E-state index contributed by atoms with van der Waals surface area (Å²) in [6.07, 6.45) is 3.05. The molecule has 27 heavy (non-hydrogen) atoms. The summed E-state index contributed by atoms with van der Waals surface area (Å²) in [5.41, 5.74) is 5.65. The number of fused-ring (bicyclic) bond motifs is 2. The van der Waals surface area contributed by atoms with Crippen LogP contribution in [-0.2, 0) is 4.74 Å². The highest BCUT2D eigenvalue weighted by atomic mass is 35.5. The number of methoxy groups -OCH3 is 1. The van der Waals surface area contributed by atoms with Gasteiger partial charge in [-0.1, -0.05) is 6.92 Å². The minimum absolute atomic E-state index is 0.223. The number of oxazole rings is 1. The minimum Gasteiger partial charge on any atom is -0.434 e. The normalized spacial score (nSPS) is 12.9. The number of benzene rings is 1. The zero-order valence-corrected chi connectivity index (χ0v) is 16.6. The van der Waals surface area contributed by atoms with E-state index in [-0.39, 0.29) is 6.04 Å². The van der Waals surface area contributed by atoms with Gasteiger partial charge >= 0.3 is 0 Å². The smallest absolute Gasteiger partial charge is 0.248 e. The molecule has 0 bridgehead atoms. The van der Waals surface area contributed by atoms with Crippen molar-refractivity contribution in [1.82, 2.24) is 19.5 Å². The third kappa shape index (κ3) is 3.09. The van der Waals surface area contributed by atoms with Crippen LogP contribution in [0.3, 0.4) is 0 Å². The molecule has 0 spiro atoms. The van der Waals surface area contributed by atoms with Gasteiger partial charge in [0.05, 0.1) is 18.3 Å². The number of aromatic nitrogens is 4. The largest absolute Gasteiger partial charge is 0.434 e. The molecule has 0 aliphatic carbocycles. The molecule has 0 fully saturated rings. The van der Waals surface area contributed by atoms with Gasteiger partial charge in [-0.3, -0.25) is 0 Å². The van der Waals surface area contributed by atoms with Crippen LogP contribution in [0.1, 0.15) is 30.6 Å². The summed E-state index contributed by atoms with van der Waals surface area (Å²) < 4.78 is 13.4. The maximum atomic E-state index is 5.91. The summed E-state index contributed by atoms with van der Waals surface area (Å²) in [6, 6.07) is 5.74. The Morgan fingerprint density at radius 2 is 2.04 bits per heavy atom. The van der Waals surface area contributed by atoms with Crippen molar-refractivity contribution in [3.05, 3.63) is 40.7 Å². The molecule has 6 nitrogen and oxygen atoms in total. The highest BCUT2D eigenvalue weighted by Gasteiger charge is 2.20. The van der Waals surface area contributed by atoms with Crippen LogP contribution >= 0.6 is 0 Å². The van der Waals surface area contributed by atoms with E-state index < -0.39 is 0 Å². The van der Waals surface area contributed by atoms with Crippen molar-refractivity contribution in [2.45, 2.75) is 33.2 Å². The Bertz CT molecular complexity index is 1130. The van der Waals surface area contributed by atoms with Gasteiger partial charge in [0.2, 0.25) is 10.9 Å². The molecule has 0 N–H and O–H groups in total. The Balaban J connectivity index is 1.87. The lowest BCUT2D eigenvalue weighted by Crippen LogP contribution is -2.13. The van der Waals surface area contributed by atoms with Crippen molar-refractivity contribution in [3.8, 4) is 11.6 Å². The van der Waals surface area contributed by atoms with Crippen molar-refractivity contribution >= 4 is 22.3 Å². The average molecular weight is 386 g/mol. The first-order valence-electron chi connectivity index (χ1n) is 8.94. The van der Waals surface area contributed by atoms with E-state index in [4.69, 9.17) is 30.7 Å². The van der Waals surface area contributed by atoms with Crippen LogP contribution in [0.4, 0.5) is 0 Å². The molecule has 0 amide bonds. The molecular formula is C20H22ClN4O2+. The lowest BCUT2D eigenvalue weighted by Gasteiger charge is -2.17. The van der Waals surface area contributed by atoms with Crippen molar-refractivity contribution in [2.75, 3.05) is 13.7 Å². The van der Waals surface area contributed by atoms with Gasteiger partial charge in [0.25, 0.3) is 0 Å². The first kappa shape index (κ1) is 17.9. The van der Waals surface area contributed by atoms with Crippen LogP contribution in [0.15, 0.2) is 28.8 Å². The summed E-state index contributed by atoms with van der Waals surface area (Å²) in [6.45, 7) is 6.75. The van der Waals surface area contributed by atoms with Crippen LogP contribution in [-0.4, -0.2) is 33.2 Å². The number of ether oxygens (including phenoxy) is 1. The van der Waals surface area contributed by atoms with Gasteiger partial charge in [-0.05, 0) is 31.9 Å². The predicted octanol–water partition coefficient (Wildman–Crippen LogP) is 4.15. The third-order valence-corrected chi connectivity index (χ3v) is 5.04. The molecule has 0 radical (unpaired) electrons. The molecule has 7 heteroatoms. The van der Waals surface area contributed by atoms with E-state index in [1.165, 1.54) is 0 Å². The number of hydrogen-bond acceptors (Lipinski definition) is 5. The number of rotatable bonds is 5. The molecule has 0 aliphatic rings. The Labute approximate surface area is 162 Å². The number of nitrogens with zero attached hydrogens (tertiary/aromatic N) is 4. The molecule has 140 valence electrons. The second-order valence-corrected chi connectivity index (χ2v) is 7.19. The maximum Gasteiger partial charge on any atom is 0.248 e. The van der Waals surface area contributed by atoms with Crippen molar-refractivity contribution in [3.63, 3.8) is 0 Å². The molecule has 0 saturated carbocycles. The first-order valence-corrected chi connectivity index (χ1v) is 9.35. The zero-order valence-electron chi connectivity index (χ0n) is 15.8. The van der Waals surface area contributed by atoms with E-state index in [0.29, 0.717) is 23.8 Å². The second kappa shape index (κ2) is 6.94. The Morgan fingerprint density at radius 1 is 1.22 bits per heavy atom. The van der Waals surface area contributed by atoms with Crippen LogP contribution in [0.25, 0.3) is 33.8 Å². The Morgan fingerprint density at radius 3 is 2.78 bits per heavy atom. The number of halogens is 1. The van der Waals surface area contributed by atoms with E-state index in [9.17, 15) is 0 Å². The number of aryl methyl sites for hydroxylation is 2. The summed E-state index contributed by atoms with van der Waals surface area (Å²) in [5, 5.41) is 0.722. The highest BCUT2D eigenvalue weighted by molar-refractivity contribution is 5.81. The zero-order chi connectivity index (χ0) is 19.1. The molecule has 1 unspecified atom stereocenters. The third-order valence-electron chi connectivity index (χ3n) is 4.79. The van der Waals surface area contributed by atoms with Gasteiger partial charge in [-0.15, -0.1) is 0 Å². The van der Waals surface area contributed by atoms with E-state index in [0.717, 1.165) is 39.4 Å². The monoisotopic (exact) mass is 385 g/mol. The maximum absolute atomic E-state index is 5.91. The highest BCUT2D eigenvalue weighted by Crippen LogP contribution is 2.30. The van der Waals surface area contributed by atoms with Gasteiger partial charge in [-0.2, -0.15) is 0 Å². The molecule has 3 heterocycles. The fourth-order valence-electron chi connectivity index (χ4n) is 3.36. The molecule has 4 rings (SSSR count). The van der Waals surface area contributed by atoms with Crippen molar-refractivity contribution < 1.29 is 20.8 Å². The van der Waals surface area contributed by atoms with Gasteiger partial charge in [0.15, 0.2) is 22.8 Å². The van der Waals surface area contributed by atoms with E-state index >= 15 is 0 Å². The predicted molar refractivity (Wildman–Crippen MR) is 102 cm³/mol. The molecule has 1 aromatic carbocycles. The molecule has 4 aromatic rings. The lowest BCUT2D eigenvalue weighted by molar-refractivity contribution is -0.288. The summed E-state index contributed by atoms with van der Waals surface area (Å²) in [5.74, 6) is 0.466. The molecular weight excluding hydrogens is 364 g/mol. The fourth-order valence-corrected chi connectivity index (χ4v) is 3.53.